The van der Waals surface area contributed by atoms with Crippen LogP contribution >= 0.6 is 0 Å². The molecule has 0 amide bonds. The van der Waals surface area contributed by atoms with Crippen LogP contribution in [0.4, 0.5) is 5.69 Å². The molecular weight excluding hydrogens is 490 g/mol. The first-order chi connectivity index (χ1) is 17.8. The third kappa shape index (κ3) is 5.20. The Morgan fingerprint density at radius 2 is 1.92 bits per heavy atom. The average Bonchev–Trinajstić information content (AvgIpc) is 2.91. The van der Waals surface area contributed by atoms with Crippen LogP contribution in [-0.2, 0) is 19.6 Å². The smallest absolute Gasteiger partial charge is 0.305 e. The molecule has 8 heteroatoms. The van der Waals surface area contributed by atoms with Gasteiger partial charge in [0.05, 0.1) is 30.8 Å². The van der Waals surface area contributed by atoms with Crippen LogP contribution in [0.5, 0.6) is 11.5 Å². The number of fused-ring (bicyclic) bond motifs is 2. The number of carbonyl (C=O) groups is 1. The van der Waals surface area contributed by atoms with Crippen LogP contribution in [-0.4, -0.2) is 40.8 Å². The summed E-state index contributed by atoms with van der Waals surface area (Å²) < 4.78 is 45.8. The van der Waals surface area contributed by atoms with Crippen molar-refractivity contribution in [3.05, 3.63) is 83.4 Å². The van der Waals surface area contributed by atoms with Crippen molar-refractivity contribution in [1.29, 1.82) is 0 Å². The van der Waals surface area contributed by atoms with Crippen LogP contribution in [0, 0.1) is 6.92 Å². The van der Waals surface area contributed by atoms with E-state index in [0.29, 0.717) is 24.5 Å². The Morgan fingerprint density at radius 3 is 2.73 bits per heavy atom. The van der Waals surface area contributed by atoms with Gasteiger partial charge in [0, 0.05) is 18.4 Å². The summed E-state index contributed by atoms with van der Waals surface area (Å²) in [6.45, 7) is 2.55. The number of aryl methyl sites for hydroxylation is 1. The summed E-state index contributed by atoms with van der Waals surface area (Å²) in [5.41, 5.74) is 4.36. The second kappa shape index (κ2) is 10.3. The van der Waals surface area contributed by atoms with Crippen LogP contribution in [0.2, 0.25) is 0 Å². The summed E-state index contributed by atoms with van der Waals surface area (Å²) in [7, 11) is -2.54. The van der Waals surface area contributed by atoms with Crippen LogP contribution < -0.4 is 13.8 Å². The largest absolute Gasteiger partial charge is 0.493 e. The number of methoxy groups -OCH3 is 1. The fourth-order valence-corrected chi connectivity index (χ4v) is 6.30. The first-order valence-electron chi connectivity index (χ1n) is 12.2. The number of carbonyl (C=O) groups excluding carboxylic acids is 1. The minimum absolute atomic E-state index is 0.0942. The van der Waals surface area contributed by atoms with E-state index in [4.69, 9.17) is 14.2 Å². The van der Waals surface area contributed by atoms with Crippen molar-refractivity contribution in [3.8, 4) is 11.5 Å². The normalized spacial score (nSPS) is 17.8. The monoisotopic (exact) mass is 519 g/mol. The Hall–Kier alpha value is -3.78. The number of rotatable bonds is 6. The van der Waals surface area contributed by atoms with Crippen molar-refractivity contribution in [3.63, 3.8) is 0 Å². The Morgan fingerprint density at radius 1 is 1.08 bits per heavy atom. The molecule has 0 fully saturated rings. The maximum Gasteiger partial charge on any atom is 0.305 e. The van der Waals surface area contributed by atoms with Gasteiger partial charge in [-0.2, -0.15) is 0 Å². The van der Waals surface area contributed by atoms with Gasteiger partial charge < -0.3 is 14.2 Å². The van der Waals surface area contributed by atoms with E-state index in [2.05, 4.69) is 6.08 Å². The number of para-hydroxylation sites is 1. The predicted molar refractivity (Wildman–Crippen MR) is 142 cm³/mol. The standard InChI is InChI=1S/C29H29NO6S/c1-20-6-5-7-24(16-20)37(32,33)30-19-23(11-13-29(31)34-2)36-28-12-10-21(18-26(28)30)17-22-14-15-35-27-9-4-3-8-25(22)27/h3-10,12,16-18,23H,11,13-15,19H2,1-2H3/b22-17+/t23-/m0/s1. The molecule has 3 aromatic carbocycles. The van der Waals surface area contributed by atoms with E-state index in [1.807, 2.05) is 49.4 Å². The number of sulfonamides is 1. The third-order valence-electron chi connectivity index (χ3n) is 6.59. The molecule has 0 unspecified atom stereocenters. The lowest BCUT2D eigenvalue weighted by atomic mass is 9.97. The Labute approximate surface area is 217 Å². The fraction of sp³-hybridized carbons (Fsp3) is 0.276. The number of benzene rings is 3. The number of nitrogens with zero attached hydrogens (tertiary/aromatic N) is 1. The molecule has 0 spiro atoms. The summed E-state index contributed by atoms with van der Waals surface area (Å²) in [5.74, 6) is 0.950. The van der Waals surface area contributed by atoms with Gasteiger partial charge in [-0.1, -0.05) is 42.5 Å². The number of anilines is 1. The molecule has 5 rings (SSSR count). The summed E-state index contributed by atoms with van der Waals surface area (Å²) in [6, 6.07) is 20.4. The molecule has 0 aromatic heterocycles. The van der Waals surface area contributed by atoms with Crippen molar-refractivity contribution < 1.29 is 27.4 Å². The van der Waals surface area contributed by atoms with E-state index in [1.54, 1.807) is 24.3 Å². The van der Waals surface area contributed by atoms with Gasteiger partial charge in [0.2, 0.25) is 0 Å². The zero-order chi connectivity index (χ0) is 26.0. The number of hydrogen-bond donors (Lipinski definition) is 0. The predicted octanol–water partition coefficient (Wildman–Crippen LogP) is 5.23. The Kier molecular flexibility index (Phi) is 6.93. The van der Waals surface area contributed by atoms with Crippen molar-refractivity contribution in [1.82, 2.24) is 0 Å². The van der Waals surface area contributed by atoms with Gasteiger partial charge in [0.1, 0.15) is 17.6 Å². The lowest BCUT2D eigenvalue weighted by molar-refractivity contribution is -0.141. The highest BCUT2D eigenvalue weighted by atomic mass is 32.2. The molecule has 1 atom stereocenters. The maximum absolute atomic E-state index is 13.9. The van der Waals surface area contributed by atoms with E-state index in [9.17, 15) is 13.2 Å². The molecule has 2 aliphatic rings. The molecule has 7 nitrogen and oxygen atoms in total. The number of ether oxygens (including phenoxy) is 3. The molecule has 2 heterocycles. The minimum atomic E-state index is -3.88. The Bertz CT molecular complexity index is 1460. The van der Waals surface area contributed by atoms with E-state index >= 15 is 0 Å². The van der Waals surface area contributed by atoms with Gasteiger partial charge in [-0.3, -0.25) is 9.10 Å². The zero-order valence-electron chi connectivity index (χ0n) is 20.8. The number of esters is 1. The molecular formula is C29H29NO6S. The highest BCUT2D eigenvalue weighted by Gasteiger charge is 2.35. The van der Waals surface area contributed by atoms with Crippen molar-refractivity contribution >= 4 is 33.3 Å². The lowest BCUT2D eigenvalue weighted by Gasteiger charge is -2.35. The first kappa shape index (κ1) is 24.9. The molecule has 0 bridgehead atoms. The minimum Gasteiger partial charge on any atom is -0.493 e. The topological polar surface area (TPSA) is 82.1 Å². The van der Waals surface area contributed by atoms with Crippen molar-refractivity contribution in [2.75, 3.05) is 24.6 Å². The molecule has 0 radical (unpaired) electrons. The zero-order valence-corrected chi connectivity index (χ0v) is 21.7. The molecule has 192 valence electrons. The van der Waals surface area contributed by atoms with Gasteiger partial charge >= 0.3 is 5.97 Å². The molecule has 0 saturated carbocycles. The second-order valence-electron chi connectivity index (χ2n) is 9.20. The van der Waals surface area contributed by atoms with Gasteiger partial charge in [-0.15, -0.1) is 0 Å². The first-order valence-corrected chi connectivity index (χ1v) is 13.7. The molecule has 2 aliphatic heterocycles. The molecule has 0 saturated heterocycles. The quantitative estimate of drug-likeness (QED) is 0.415. The molecule has 0 N–H and O–H groups in total. The molecule has 3 aromatic rings. The van der Waals surface area contributed by atoms with Gasteiger partial charge in [0.15, 0.2) is 0 Å². The summed E-state index contributed by atoms with van der Waals surface area (Å²) in [4.78, 5) is 12.0. The highest BCUT2D eigenvalue weighted by Crippen LogP contribution is 2.40. The Balaban J connectivity index is 1.54. The van der Waals surface area contributed by atoms with Crippen molar-refractivity contribution in [2.45, 2.75) is 37.2 Å². The summed E-state index contributed by atoms with van der Waals surface area (Å²) >= 11 is 0. The fourth-order valence-electron chi connectivity index (χ4n) is 4.70. The van der Waals surface area contributed by atoms with Crippen LogP contribution in [0.1, 0.15) is 36.0 Å². The highest BCUT2D eigenvalue weighted by molar-refractivity contribution is 7.92. The summed E-state index contributed by atoms with van der Waals surface area (Å²) in [6.07, 6.45) is 2.82. The van der Waals surface area contributed by atoms with Crippen LogP contribution in [0.25, 0.3) is 11.6 Å². The van der Waals surface area contributed by atoms with E-state index in [-0.39, 0.29) is 23.8 Å². The van der Waals surface area contributed by atoms with Gasteiger partial charge in [-0.25, -0.2) is 8.42 Å². The maximum atomic E-state index is 13.9. The molecule has 0 aliphatic carbocycles. The van der Waals surface area contributed by atoms with Crippen LogP contribution in [0.15, 0.2) is 71.6 Å². The average molecular weight is 520 g/mol. The van der Waals surface area contributed by atoms with Crippen LogP contribution in [0.3, 0.4) is 0 Å². The second-order valence-corrected chi connectivity index (χ2v) is 11.1. The van der Waals surface area contributed by atoms with Gasteiger partial charge in [0.25, 0.3) is 10.0 Å². The lowest BCUT2D eigenvalue weighted by Crippen LogP contribution is -2.43. The van der Waals surface area contributed by atoms with E-state index < -0.39 is 16.1 Å². The SMILES string of the molecule is COC(=O)CC[C@H]1CN(S(=O)(=O)c2cccc(C)c2)c2cc(/C=C3\CCOc4ccccc43)ccc2O1. The van der Waals surface area contributed by atoms with E-state index in [0.717, 1.165) is 34.4 Å². The van der Waals surface area contributed by atoms with Crippen molar-refractivity contribution in [2.24, 2.45) is 0 Å². The molecule has 37 heavy (non-hydrogen) atoms. The number of hydrogen-bond acceptors (Lipinski definition) is 6. The van der Waals surface area contributed by atoms with Gasteiger partial charge in [-0.05, 0) is 60.4 Å². The third-order valence-corrected chi connectivity index (χ3v) is 8.37. The summed E-state index contributed by atoms with van der Waals surface area (Å²) in [5, 5.41) is 0. The van der Waals surface area contributed by atoms with E-state index in [1.165, 1.54) is 11.4 Å².